The molecule has 1 aromatic carbocycles. The van der Waals surface area contributed by atoms with Gasteiger partial charge in [-0.25, -0.2) is 18.4 Å². The van der Waals surface area contributed by atoms with E-state index in [2.05, 4.69) is 9.47 Å². The average molecular weight is 370 g/mol. The summed E-state index contributed by atoms with van der Waals surface area (Å²) in [6, 6.07) is 0.388. The van der Waals surface area contributed by atoms with Crippen molar-refractivity contribution in [3.05, 3.63) is 29.8 Å². The monoisotopic (exact) mass is 370 g/mol. The summed E-state index contributed by atoms with van der Waals surface area (Å²) in [6.07, 6.45) is -5.37. The standard InChI is InChI=1S/C14H15F5N2O4/c1-3-24-11(22)13(25-4-2,14(17,18)19)21-12(23)20-10-6-5-8(15)7-9(10)16/h5-7H,3-4H2,1-2H3,(H2,20,21,23). The molecule has 0 spiro atoms. The molecular weight excluding hydrogens is 355 g/mol. The number of halogens is 5. The van der Waals surface area contributed by atoms with E-state index in [1.165, 1.54) is 19.2 Å². The van der Waals surface area contributed by atoms with Crippen LogP contribution in [0.2, 0.25) is 0 Å². The van der Waals surface area contributed by atoms with Crippen molar-refractivity contribution in [1.82, 2.24) is 5.32 Å². The van der Waals surface area contributed by atoms with Gasteiger partial charge in [0, 0.05) is 12.7 Å². The molecule has 11 heteroatoms. The van der Waals surface area contributed by atoms with Gasteiger partial charge in [0.2, 0.25) is 0 Å². The number of nitrogens with one attached hydrogen (secondary N) is 2. The van der Waals surface area contributed by atoms with Crippen LogP contribution in [0, 0.1) is 11.6 Å². The molecule has 0 saturated carbocycles. The van der Waals surface area contributed by atoms with Gasteiger partial charge in [0.05, 0.1) is 12.3 Å². The van der Waals surface area contributed by atoms with Crippen molar-refractivity contribution in [2.24, 2.45) is 0 Å². The molecule has 0 radical (unpaired) electrons. The van der Waals surface area contributed by atoms with Crippen molar-refractivity contribution in [1.29, 1.82) is 0 Å². The molecule has 0 saturated heterocycles. The van der Waals surface area contributed by atoms with E-state index in [0.29, 0.717) is 6.07 Å². The predicted octanol–water partition coefficient (Wildman–Crippen LogP) is 2.94. The minimum atomic E-state index is -5.37. The number of carbonyl (C=O) groups is 2. The minimum absolute atomic E-state index is 0.403. The summed E-state index contributed by atoms with van der Waals surface area (Å²) in [4.78, 5) is 23.6. The van der Waals surface area contributed by atoms with Gasteiger partial charge in [-0.3, -0.25) is 5.32 Å². The van der Waals surface area contributed by atoms with E-state index in [1.807, 2.05) is 0 Å². The van der Waals surface area contributed by atoms with E-state index in [9.17, 15) is 31.5 Å². The second-order valence-corrected chi connectivity index (χ2v) is 4.54. The number of hydrogen-bond donors (Lipinski definition) is 2. The number of anilines is 1. The first kappa shape index (κ1) is 20.6. The SMILES string of the molecule is CCOC(=O)C(NC(=O)Nc1ccc(F)cc1F)(OCC)C(F)(F)F. The van der Waals surface area contributed by atoms with Crippen LogP contribution >= 0.6 is 0 Å². The fourth-order valence-electron chi connectivity index (χ4n) is 1.77. The second kappa shape index (κ2) is 8.10. The Bertz CT molecular complexity index is 638. The average Bonchev–Trinajstić information content (AvgIpc) is 2.48. The number of amides is 2. The van der Waals surface area contributed by atoms with E-state index in [1.54, 1.807) is 5.32 Å². The van der Waals surface area contributed by atoms with Crippen LogP contribution in [0.3, 0.4) is 0 Å². The molecule has 0 fully saturated rings. The van der Waals surface area contributed by atoms with Crippen molar-refractivity contribution in [2.45, 2.75) is 25.7 Å². The number of carbonyl (C=O) groups excluding carboxylic acids is 2. The first-order valence-electron chi connectivity index (χ1n) is 6.99. The zero-order valence-electron chi connectivity index (χ0n) is 13.2. The lowest BCUT2D eigenvalue weighted by Crippen LogP contribution is -2.67. The first-order valence-corrected chi connectivity index (χ1v) is 6.99. The van der Waals surface area contributed by atoms with Crippen LogP contribution in [0.15, 0.2) is 18.2 Å². The van der Waals surface area contributed by atoms with Gasteiger partial charge in [0.15, 0.2) is 0 Å². The lowest BCUT2D eigenvalue weighted by molar-refractivity contribution is -0.282. The fraction of sp³-hybridized carbons (Fsp3) is 0.429. The van der Waals surface area contributed by atoms with Gasteiger partial charge < -0.3 is 14.8 Å². The van der Waals surface area contributed by atoms with Crippen molar-refractivity contribution < 1.29 is 41.0 Å². The number of rotatable bonds is 6. The highest BCUT2D eigenvalue weighted by atomic mass is 19.4. The second-order valence-electron chi connectivity index (χ2n) is 4.54. The Labute approximate surface area is 139 Å². The van der Waals surface area contributed by atoms with Crippen molar-refractivity contribution in [2.75, 3.05) is 18.5 Å². The molecule has 0 aliphatic heterocycles. The Kier molecular flexibility index (Phi) is 6.68. The maximum atomic E-state index is 13.5. The molecule has 2 amide bonds. The summed E-state index contributed by atoms with van der Waals surface area (Å²) in [6.45, 7) is 1.43. The highest BCUT2D eigenvalue weighted by Gasteiger charge is 2.64. The zero-order valence-corrected chi connectivity index (χ0v) is 13.2. The highest BCUT2D eigenvalue weighted by Crippen LogP contribution is 2.33. The summed E-state index contributed by atoms with van der Waals surface area (Å²) in [7, 11) is 0. The lowest BCUT2D eigenvalue weighted by atomic mass is 10.2. The summed E-state index contributed by atoms with van der Waals surface area (Å²) in [5.41, 5.74) is -4.38. The van der Waals surface area contributed by atoms with Crippen molar-refractivity contribution in [3.8, 4) is 0 Å². The van der Waals surface area contributed by atoms with Gasteiger partial charge in [-0.15, -0.1) is 0 Å². The van der Waals surface area contributed by atoms with Crippen LogP contribution < -0.4 is 10.6 Å². The van der Waals surface area contributed by atoms with Crippen molar-refractivity contribution >= 4 is 17.7 Å². The van der Waals surface area contributed by atoms with Gasteiger partial charge in [-0.2, -0.15) is 13.2 Å². The van der Waals surface area contributed by atoms with E-state index < -0.39 is 54.4 Å². The molecule has 1 rings (SSSR count). The fourth-order valence-corrected chi connectivity index (χ4v) is 1.77. The molecule has 0 aliphatic carbocycles. The molecule has 0 bridgehead atoms. The topological polar surface area (TPSA) is 76.7 Å². The number of hydrogen-bond acceptors (Lipinski definition) is 4. The number of urea groups is 1. The van der Waals surface area contributed by atoms with Crippen LogP contribution in [0.5, 0.6) is 0 Å². The Morgan fingerprint density at radius 1 is 1.12 bits per heavy atom. The van der Waals surface area contributed by atoms with Crippen molar-refractivity contribution in [3.63, 3.8) is 0 Å². The molecule has 2 N–H and O–H groups in total. The number of benzene rings is 1. The van der Waals surface area contributed by atoms with Crippen LogP contribution in [-0.4, -0.2) is 37.1 Å². The molecule has 1 atom stereocenters. The number of alkyl halides is 3. The third-order valence-corrected chi connectivity index (χ3v) is 2.79. The van der Waals surface area contributed by atoms with E-state index in [4.69, 9.17) is 0 Å². The van der Waals surface area contributed by atoms with E-state index in [0.717, 1.165) is 12.1 Å². The molecule has 140 valence electrons. The zero-order chi connectivity index (χ0) is 19.3. The molecule has 1 unspecified atom stereocenters. The third kappa shape index (κ3) is 4.78. The Balaban J connectivity index is 3.11. The summed E-state index contributed by atoms with van der Waals surface area (Å²) < 4.78 is 75.2. The van der Waals surface area contributed by atoms with E-state index in [-0.39, 0.29) is 0 Å². The van der Waals surface area contributed by atoms with Crippen LogP contribution in [0.4, 0.5) is 32.4 Å². The van der Waals surface area contributed by atoms with Gasteiger partial charge >= 0.3 is 23.9 Å². The lowest BCUT2D eigenvalue weighted by Gasteiger charge is -2.33. The quantitative estimate of drug-likeness (QED) is 0.459. The predicted molar refractivity (Wildman–Crippen MR) is 75.6 cm³/mol. The van der Waals surface area contributed by atoms with E-state index >= 15 is 0 Å². The summed E-state index contributed by atoms with van der Waals surface area (Å²) in [5.74, 6) is -4.06. The first-order chi connectivity index (χ1) is 11.6. The highest BCUT2D eigenvalue weighted by molar-refractivity contribution is 5.94. The van der Waals surface area contributed by atoms with Gasteiger partial charge in [0.1, 0.15) is 11.6 Å². The Morgan fingerprint density at radius 2 is 1.76 bits per heavy atom. The van der Waals surface area contributed by atoms with Gasteiger partial charge in [-0.1, -0.05) is 0 Å². The molecule has 0 aromatic heterocycles. The Morgan fingerprint density at radius 3 is 2.24 bits per heavy atom. The Hall–Kier alpha value is -2.43. The largest absolute Gasteiger partial charge is 0.462 e. The molecular formula is C14H15F5N2O4. The molecule has 25 heavy (non-hydrogen) atoms. The molecule has 6 nitrogen and oxygen atoms in total. The van der Waals surface area contributed by atoms with Crippen LogP contribution in [0.1, 0.15) is 13.8 Å². The summed E-state index contributed by atoms with van der Waals surface area (Å²) in [5, 5.41) is 3.05. The number of esters is 1. The maximum Gasteiger partial charge on any atom is 0.448 e. The molecule has 1 aromatic rings. The van der Waals surface area contributed by atoms with Gasteiger partial charge in [-0.05, 0) is 26.0 Å². The smallest absolute Gasteiger partial charge is 0.448 e. The molecule has 0 aliphatic rings. The maximum absolute atomic E-state index is 13.5. The van der Waals surface area contributed by atoms with Crippen LogP contribution in [-0.2, 0) is 14.3 Å². The van der Waals surface area contributed by atoms with Crippen LogP contribution in [0.25, 0.3) is 0 Å². The number of ether oxygens (including phenoxy) is 2. The molecule has 0 heterocycles. The van der Waals surface area contributed by atoms with Gasteiger partial charge in [0.25, 0.3) is 0 Å². The minimum Gasteiger partial charge on any atom is -0.462 e. The summed E-state index contributed by atoms with van der Waals surface area (Å²) >= 11 is 0. The normalized spacial score (nSPS) is 13.7. The third-order valence-electron chi connectivity index (χ3n) is 2.79.